The van der Waals surface area contributed by atoms with Gasteiger partial charge in [0, 0.05) is 29.1 Å². The minimum absolute atomic E-state index is 0.106. The van der Waals surface area contributed by atoms with Crippen molar-refractivity contribution in [1.82, 2.24) is 9.88 Å². The molecule has 3 N–H and O–H groups in total. The average molecular weight is 499 g/mol. The normalized spacial score (nSPS) is 11.4. The van der Waals surface area contributed by atoms with Crippen LogP contribution in [0.3, 0.4) is 0 Å². The van der Waals surface area contributed by atoms with Crippen molar-refractivity contribution in [3.05, 3.63) is 53.6 Å². The smallest absolute Gasteiger partial charge is 0.335 e. The highest BCUT2D eigenvalue weighted by Gasteiger charge is 2.17. The van der Waals surface area contributed by atoms with Gasteiger partial charge in [-0.3, -0.25) is 0 Å². The molecule has 0 unspecified atom stereocenters. The number of hydrogen-bond donors (Lipinski definition) is 3. The molecule has 0 saturated carbocycles. The van der Waals surface area contributed by atoms with Crippen LogP contribution in [0, 0.1) is 0 Å². The van der Waals surface area contributed by atoms with Crippen LogP contribution in [0.15, 0.2) is 57.6 Å². The van der Waals surface area contributed by atoms with Crippen LogP contribution in [0.1, 0.15) is 49.0 Å². The second-order valence-electron chi connectivity index (χ2n) is 7.85. The number of nitrogens with zero attached hydrogens (tertiary/aromatic N) is 3. The Labute approximate surface area is 209 Å². The van der Waals surface area contributed by atoms with E-state index < -0.39 is 5.97 Å². The second-order valence-corrected chi connectivity index (χ2v) is 9.40. The lowest BCUT2D eigenvalue weighted by atomic mass is 10.1. The molecule has 0 aliphatic rings. The van der Waals surface area contributed by atoms with Crippen LogP contribution in [-0.2, 0) is 13.0 Å². The Hall–Kier alpha value is -2.91. The number of aromatic nitrogens is 1. The predicted octanol–water partition coefficient (Wildman–Crippen LogP) is 6.55. The summed E-state index contributed by atoms with van der Waals surface area (Å²) in [6.07, 6.45) is 3.97. The van der Waals surface area contributed by atoms with Gasteiger partial charge in [-0.1, -0.05) is 31.9 Å². The van der Waals surface area contributed by atoms with Gasteiger partial charge in [-0.15, -0.1) is 22.0 Å². The van der Waals surface area contributed by atoms with Gasteiger partial charge in [0.05, 0.1) is 11.1 Å². The number of carboxylic acids is 1. The zero-order valence-electron chi connectivity index (χ0n) is 19.5. The van der Waals surface area contributed by atoms with E-state index in [1.54, 1.807) is 23.9 Å². The fourth-order valence-electron chi connectivity index (χ4n) is 3.62. The second kappa shape index (κ2) is 12.5. The number of aromatic carboxylic acids is 1. The first kappa shape index (κ1) is 25.7. The maximum Gasteiger partial charge on any atom is 0.335 e. The van der Waals surface area contributed by atoms with Crippen molar-refractivity contribution in [2.75, 3.05) is 12.3 Å². The number of carbonyl (C=O) groups is 1. The molecule has 1 heterocycles. The summed E-state index contributed by atoms with van der Waals surface area (Å²) in [5.41, 5.74) is 2.73. The van der Waals surface area contributed by atoms with E-state index in [9.17, 15) is 9.90 Å². The molecule has 0 bridgehead atoms. The highest BCUT2D eigenvalue weighted by Crippen LogP contribution is 2.41. The standard InChI is InChI=1S/C25H30N4O3S2/c1-3-5-6-14-29-21-12-11-19(34-15-13-17-7-9-18(10-8-17)24(31)32)16-20(21)22(23(29)30)27-28-25(33)26-4-2/h7-12,16,30H,3-6,13-15H2,1-2H3,(H,26,33)(H,31,32). The van der Waals surface area contributed by atoms with E-state index in [1.807, 2.05) is 35.8 Å². The minimum atomic E-state index is -0.918. The van der Waals surface area contributed by atoms with Gasteiger partial charge in [-0.2, -0.15) is 0 Å². The van der Waals surface area contributed by atoms with Crippen molar-refractivity contribution in [1.29, 1.82) is 0 Å². The molecule has 1 aromatic heterocycles. The number of aromatic hydroxyl groups is 1. The van der Waals surface area contributed by atoms with Gasteiger partial charge in [0.2, 0.25) is 11.0 Å². The van der Waals surface area contributed by atoms with E-state index in [-0.39, 0.29) is 11.0 Å². The Morgan fingerprint density at radius 2 is 1.91 bits per heavy atom. The number of rotatable bonds is 11. The molecule has 0 aliphatic carbocycles. The lowest BCUT2D eigenvalue weighted by molar-refractivity contribution is 0.0697. The van der Waals surface area contributed by atoms with Crippen LogP contribution in [0.4, 0.5) is 5.69 Å². The van der Waals surface area contributed by atoms with E-state index in [1.165, 1.54) is 0 Å². The van der Waals surface area contributed by atoms with Crippen molar-refractivity contribution >= 4 is 51.7 Å². The molecule has 2 aromatic carbocycles. The van der Waals surface area contributed by atoms with Gasteiger partial charge in [0.1, 0.15) is 0 Å². The number of nitrogens with one attached hydrogen (secondary N) is 1. The molecular weight excluding hydrogens is 468 g/mol. The number of fused-ring (bicyclic) bond motifs is 1. The Morgan fingerprint density at radius 1 is 1.15 bits per heavy atom. The number of azo groups is 1. The third kappa shape index (κ3) is 6.57. The third-order valence-corrected chi connectivity index (χ3v) is 6.62. The Bertz CT molecular complexity index is 1170. The Morgan fingerprint density at radius 3 is 2.59 bits per heavy atom. The van der Waals surface area contributed by atoms with Crippen LogP contribution in [-0.4, -0.2) is 38.2 Å². The first-order chi connectivity index (χ1) is 16.4. The quantitative estimate of drug-likeness (QED) is 0.120. The van der Waals surface area contributed by atoms with Crippen molar-refractivity contribution in [2.24, 2.45) is 10.2 Å². The maximum atomic E-state index is 11.0. The molecule has 0 aliphatic heterocycles. The van der Waals surface area contributed by atoms with Crippen LogP contribution < -0.4 is 5.32 Å². The Kier molecular flexibility index (Phi) is 9.47. The minimum Gasteiger partial charge on any atom is -0.493 e. The van der Waals surface area contributed by atoms with Crippen LogP contribution in [0.5, 0.6) is 5.88 Å². The SMILES string of the molecule is CCCCCn1c(O)c(N=NC(=S)NCC)c2cc(SCCc3ccc(C(=O)O)cc3)ccc21. The first-order valence-corrected chi connectivity index (χ1v) is 12.8. The molecule has 0 saturated heterocycles. The monoisotopic (exact) mass is 498 g/mol. The highest BCUT2D eigenvalue weighted by atomic mass is 32.2. The molecular formula is C25H30N4O3S2. The number of benzene rings is 2. The fraction of sp³-hybridized carbons (Fsp3) is 0.360. The molecule has 3 rings (SSSR count). The van der Waals surface area contributed by atoms with Crippen LogP contribution in [0.25, 0.3) is 10.9 Å². The number of thioether (sulfide) groups is 1. The van der Waals surface area contributed by atoms with Crippen molar-refractivity contribution in [3.8, 4) is 5.88 Å². The average Bonchev–Trinajstić information content (AvgIpc) is 3.08. The molecule has 0 amide bonds. The van der Waals surface area contributed by atoms with Gasteiger partial charge in [0.25, 0.3) is 0 Å². The van der Waals surface area contributed by atoms with Gasteiger partial charge in [-0.05, 0) is 67.9 Å². The largest absolute Gasteiger partial charge is 0.493 e. The highest BCUT2D eigenvalue weighted by molar-refractivity contribution is 7.99. The molecule has 0 spiro atoms. The zero-order chi connectivity index (χ0) is 24.5. The summed E-state index contributed by atoms with van der Waals surface area (Å²) >= 11 is 6.87. The molecule has 180 valence electrons. The number of hydrogen-bond acceptors (Lipinski definition) is 5. The maximum absolute atomic E-state index is 11.0. The summed E-state index contributed by atoms with van der Waals surface area (Å²) in [5, 5.41) is 32.4. The van der Waals surface area contributed by atoms with Crippen LogP contribution >= 0.6 is 24.0 Å². The van der Waals surface area contributed by atoms with Gasteiger partial charge >= 0.3 is 5.97 Å². The predicted molar refractivity (Wildman–Crippen MR) is 142 cm³/mol. The lowest BCUT2D eigenvalue weighted by Crippen LogP contribution is -2.17. The van der Waals surface area contributed by atoms with E-state index in [0.717, 1.165) is 52.8 Å². The van der Waals surface area contributed by atoms with Gasteiger partial charge in [-0.25, -0.2) is 4.79 Å². The van der Waals surface area contributed by atoms with E-state index in [0.29, 0.717) is 24.3 Å². The van der Waals surface area contributed by atoms with E-state index >= 15 is 0 Å². The Balaban J connectivity index is 1.81. The summed E-state index contributed by atoms with van der Waals surface area (Å²) < 4.78 is 1.90. The molecule has 0 fully saturated rings. The fourth-order valence-corrected chi connectivity index (χ4v) is 4.74. The van der Waals surface area contributed by atoms with Crippen molar-refractivity contribution in [2.45, 2.75) is 51.0 Å². The molecule has 7 nitrogen and oxygen atoms in total. The summed E-state index contributed by atoms with van der Waals surface area (Å²) in [5.74, 6) is 0.0239. The van der Waals surface area contributed by atoms with Gasteiger partial charge < -0.3 is 20.1 Å². The number of aryl methyl sites for hydroxylation is 2. The lowest BCUT2D eigenvalue weighted by Gasteiger charge is -2.07. The summed E-state index contributed by atoms with van der Waals surface area (Å²) in [6.45, 7) is 5.45. The number of unbranched alkanes of at least 4 members (excludes halogenated alkanes) is 2. The van der Waals surface area contributed by atoms with E-state index in [4.69, 9.17) is 17.3 Å². The van der Waals surface area contributed by atoms with Crippen molar-refractivity contribution < 1.29 is 15.0 Å². The molecule has 3 aromatic rings. The number of thiocarbonyl (C=S) groups is 1. The molecule has 34 heavy (non-hydrogen) atoms. The zero-order valence-corrected chi connectivity index (χ0v) is 21.1. The third-order valence-electron chi connectivity index (χ3n) is 5.40. The van der Waals surface area contributed by atoms with E-state index in [2.05, 4.69) is 28.5 Å². The van der Waals surface area contributed by atoms with Crippen molar-refractivity contribution in [3.63, 3.8) is 0 Å². The summed E-state index contributed by atoms with van der Waals surface area (Å²) in [6, 6.07) is 13.1. The summed E-state index contributed by atoms with van der Waals surface area (Å²) in [7, 11) is 0. The molecule has 0 radical (unpaired) electrons. The molecule has 9 heteroatoms. The topological polar surface area (TPSA) is 99.2 Å². The molecule has 0 atom stereocenters. The first-order valence-electron chi connectivity index (χ1n) is 11.4. The van der Waals surface area contributed by atoms with Crippen LogP contribution in [0.2, 0.25) is 0 Å². The number of carboxylic acid groups (broad SMARTS) is 1. The van der Waals surface area contributed by atoms with Gasteiger partial charge in [0.15, 0.2) is 5.69 Å². The summed E-state index contributed by atoms with van der Waals surface area (Å²) in [4.78, 5) is 12.1.